The largest absolute Gasteiger partial charge is 0.462 e. The summed E-state index contributed by atoms with van der Waals surface area (Å²) in [4.78, 5) is 11.1. The van der Waals surface area contributed by atoms with Gasteiger partial charge < -0.3 is 4.74 Å². The average molecular weight is 506 g/mol. The molecule has 0 bridgehead atoms. The molecule has 0 atom stereocenters. The highest BCUT2D eigenvalue weighted by Gasteiger charge is 2.02. The van der Waals surface area contributed by atoms with Crippen molar-refractivity contribution < 1.29 is 9.53 Å². The van der Waals surface area contributed by atoms with Crippen LogP contribution in [0.15, 0.2) is 12.2 Å². The molecule has 2 nitrogen and oxygen atoms in total. The summed E-state index contributed by atoms with van der Waals surface area (Å²) in [6.45, 7) is 5.78. The van der Waals surface area contributed by atoms with Crippen molar-refractivity contribution in [3.05, 3.63) is 12.2 Å². The number of rotatable bonds is 12. The number of hydrogen-bond acceptors (Lipinski definition) is 2. The van der Waals surface area contributed by atoms with Crippen molar-refractivity contribution in [3.63, 3.8) is 0 Å². The van der Waals surface area contributed by atoms with E-state index in [0.717, 1.165) is 23.9 Å². The second-order valence-electron chi connectivity index (χ2n) is 4.65. The first-order valence-corrected chi connectivity index (χ1v) is 10.7. The standard InChI is InChI=1S/C14H24I2O2Si/c1-12(2)13(17)18-10-8-6-4-3-5-7-9-11-19-14(15)16/h14H,1,3-11H2,2H3. The highest BCUT2D eigenvalue weighted by atomic mass is 127. The molecule has 110 valence electrons. The van der Waals surface area contributed by atoms with E-state index in [9.17, 15) is 4.79 Å². The molecular weight excluding hydrogens is 482 g/mol. The van der Waals surface area contributed by atoms with Crippen LogP contribution in [0.25, 0.3) is 0 Å². The van der Waals surface area contributed by atoms with Crippen molar-refractivity contribution in [2.24, 2.45) is 0 Å². The average Bonchev–Trinajstić information content (AvgIpc) is 2.35. The molecule has 19 heavy (non-hydrogen) atoms. The maximum absolute atomic E-state index is 11.1. The van der Waals surface area contributed by atoms with E-state index < -0.39 is 0 Å². The number of carbonyl (C=O) groups excluding carboxylic acids is 1. The van der Waals surface area contributed by atoms with Gasteiger partial charge in [0.2, 0.25) is 0 Å². The Morgan fingerprint density at radius 2 is 1.63 bits per heavy atom. The minimum Gasteiger partial charge on any atom is -0.462 e. The van der Waals surface area contributed by atoms with Crippen LogP contribution in [0.1, 0.15) is 51.9 Å². The summed E-state index contributed by atoms with van der Waals surface area (Å²) < 4.78 is 5.86. The summed E-state index contributed by atoms with van der Waals surface area (Å²) in [5, 5.41) is 0. The van der Waals surface area contributed by atoms with E-state index in [0.29, 0.717) is 12.2 Å². The molecular formula is C14H24I2O2Si. The van der Waals surface area contributed by atoms with Crippen LogP contribution in [0.2, 0.25) is 6.04 Å². The van der Waals surface area contributed by atoms with E-state index in [-0.39, 0.29) is 5.97 Å². The van der Waals surface area contributed by atoms with Gasteiger partial charge in [-0.1, -0.05) is 96.3 Å². The molecule has 0 aromatic rings. The van der Waals surface area contributed by atoms with Crippen LogP contribution in [0.3, 0.4) is 0 Å². The van der Waals surface area contributed by atoms with Gasteiger partial charge in [0.25, 0.3) is 0 Å². The van der Waals surface area contributed by atoms with E-state index >= 15 is 0 Å². The minimum atomic E-state index is -0.260. The quantitative estimate of drug-likeness (QED) is 0.0919. The second-order valence-corrected chi connectivity index (χ2v) is 13.4. The molecule has 0 fully saturated rings. The number of unbranched alkanes of at least 4 members (excludes halogenated alkanes) is 6. The maximum Gasteiger partial charge on any atom is 0.333 e. The van der Waals surface area contributed by atoms with E-state index in [1.807, 2.05) is 0 Å². The van der Waals surface area contributed by atoms with Crippen LogP contribution in [-0.2, 0) is 9.53 Å². The molecule has 2 radical (unpaired) electrons. The van der Waals surface area contributed by atoms with Gasteiger partial charge in [0.1, 0.15) is 0 Å². The zero-order chi connectivity index (χ0) is 14.5. The number of esters is 1. The third-order valence-corrected chi connectivity index (χ3v) is 6.29. The Morgan fingerprint density at radius 3 is 2.16 bits per heavy atom. The van der Waals surface area contributed by atoms with Gasteiger partial charge in [0, 0.05) is 5.57 Å². The summed E-state index contributed by atoms with van der Waals surface area (Å²) >= 11 is 4.99. The van der Waals surface area contributed by atoms with Crippen LogP contribution in [0.5, 0.6) is 0 Å². The summed E-state index contributed by atoms with van der Waals surface area (Å²) in [5.74, 6) is -0.260. The van der Waals surface area contributed by atoms with E-state index in [1.165, 1.54) is 38.1 Å². The van der Waals surface area contributed by atoms with Gasteiger partial charge in [-0.2, -0.15) is 0 Å². The van der Waals surface area contributed by atoms with Crippen LogP contribution in [0.4, 0.5) is 0 Å². The molecule has 0 spiro atoms. The number of halogens is 2. The summed E-state index contributed by atoms with van der Waals surface area (Å²) in [6, 6.07) is 1.40. The highest BCUT2D eigenvalue weighted by Crippen LogP contribution is 2.13. The first-order valence-electron chi connectivity index (χ1n) is 6.88. The lowest BCUT2D eigenvalue weighted by atomic mass is 10.1. The fourth-order valence-electron chi connectivity index (χ4n) is 1.61. The van der Waals surface area contributed by atoms with Gasteiger partial charge in [-0.3, -0.25) is 0 Å². The molecule has 0 unspecified atom stereocenters. The Kier molecular flexibility index (Phi) is 14.5. The summed E-state index contributed by atoms with van der Waals surface area (Å²) in [5.41, 5.74) is 0.487. The second kappa shape index (κ2) is 13.9. The fraction of sp³-hybridized carbons (Fsp3) is 0.786. The van der Waals surface area contributed by atoms with Crippen molar-refractivity contribution >= 4 is 60.7 Å². The zero-order valence-electron chi connectivity index (χ0n) is 11.7. The molecule has 0 heterocycles. The van der Waals surface area contributed by atoms with Crippen molar-refractivity contribution in [2.75, 3.05) is 6.61 Å². The zero-order valence-corrected chi connectivity index (χ0v) is 17.0. The summed E-state index contributed by atoms with van der Waals surface area (Å²) in [7, 11) is 1.11. The first kappa shape index (κ1) is 19.9. The number of alkyl halides is 2. The first-order chi connectivity index (χ1) is 9.04. The van der Waals surface area contributed by atoms with Crippen molar-refractivity contribution in [2.45, 2.75) is 59.5 Å². The van der Waals surface area contributed by atoms with Crippen LogP contribution >= 0.6 is 45.2 Å². The SMILES string of the molecule is C=C(C)C(=O)OCCCCCCCCC[Si]C(I)I. The third kappa shape index (κ3) is 15.1. The Morgan fingerprint density at radius 1 is 1.11 bits per heavy atom. The van der Waals surface area contributed by atoms with Crippen molar-refractivity contribution in [3.8, 4) is 0 Å². The van der Waals surface area contributed by atoms with Crippen molar-refractivity contribution in [1.82, 2.24) is 0 Å². The monoisotopic (exact) mass is 506 g/mol. The lowest BCUT2D eigenvalue weighted by Gasteiger charge is -2.04. The minimum absolute atomic E-state index is 0.260. The van der Waals surface area contributed by atoms with Gasteiger partial charge in [-0.05, 0) is 13.3 Å². The van der Waals surface area contributed by atoms with Gasteiger partial charge >= 0.3 is 5.97 Å². The lowest BCUT2D eigenvalue weighted by Crippen LogP contribution is -2.05. The number of ether oxygens (including phenoxy) is 1. The van der Waals surface area contributed by atoms with Crippen LogP contribution in [0, 0.1) is 0 Å². The van der Waals surface area contributed by atoms with E-state index in [2.05, 4.69) is 51.8 Å². The van der Waals surface area contributed by atoms with E-state index in [1.54, 1.807) is 6.92 Å². The number of carbonyl (C=O) groups is 1. The summed E-state index contributed by atoms with van der Waals surface area (Å²) in [6.07, 6.45) is 8.82. The molecule has 0 aliphatic rings. The fourth-order valence-corrected chi connectivity index (χ4v) is 4.15. The Labute approximate surface area is 147 Å². The normalized spacial score (nSPS) is 10.7. The smallest absolute Gasteiger partial charge is 0.333 e. The van der Waals surface area contributed by atoms with Crippen molar-refractivity contribution in [1.29, 1.82) is 0 Å². The molecule has 0 aliphatic carbocycles. The molecule has 0 aromatic heterocycles. The Bertz CT molecular complexity index is 258. The molecule has 5 heteroatoms. The third-order valence-electron chi connectivity index (χ3n) is 2.70. The van der Waals surface area contributed by atoms with Gasteiger partial charge in [-0.25, -0.2) is 4.79 Å². The Hall–Kier alpha value is 0.887. The topological polar surface area (TPSA) is 26.3 Å². The van der Waals surface area contributed by atoms with E-state index in [4.69, 9.17) is 4.74 Å². The van der Waals surface area contributed by atoms with Crippen LogP contribution < -0.4 is 0 Å². The predicted octanol–water partition coefficient (Wildman–Crippen LogP) is 5.11. The van der Waals surface area contributed by atoms with Gasteiger partial charge in [0.05, 0.1) is 17.7 Å². The highest BCUT2D eigenvalue weighted by molar-refractivity contribution is 14.2. The molecule has 0 N–H and O–H groups in total. The Balaban J connectivity index is 3.11. The predicted molar refractivity (Wildman–Crippen MR) is 100 cm³/mol. The number of hydrogen-bond donors (Lipinski definition) is 0. The molecule has 0 aromatic carbocycles. The van der Waals surface area contributed by atoms with Gasteiger partial charge in [0.15, 0.2) is 0 Å². The lowest BCUT2D eigenvalue weighted by molar-refractivity contribution is -0.139. The molecule has 0 aliphatic heterocycles. The molecule has 0 saturated carbocycles. The molecule has 0 saturated heterocycles. The maximum atomic E-state index is 11.1. The van der Waals surface area contributed by atoms with Crippen LogP contribution in [-0.4, -0.2) is 23.7 Å². The molecule has 0 rings (SSSR count). The van der Waals surface area contributed by atoms with Gasteiger partial charge in [-0.15, -0.1) is 0 Å². The molecule has 0 amide bonds.